The van der Waals surface area contributed by atoms with Crippen LogP contribution in [0.4, 0.5) is 13.6 Å². The van der Waals surface area contributed by atoms with Gasteiger partial charge >= 0.3 is 33.4 Å². The van der Waals surface area contributed by atoms with Gasteiger partial charge in [-0.3, -0.25) is 13.7 Å². The highest BCUT2D eigenvalue weighted by atomic mass is 31.3. The summed E-state index contributed by atoms with van der Waals surface area (Å²) in [7, 11) is -20.3. The maximum Gasteiger partial charge on any atom is 0.402 e. The summed E-state index contributed by atoms with van der Waals surface area (Å²) in [6.07, 6.45) is 0. The van der Waals surface area contributed by atoms with Crippen molar-refractivity contribution in [2.75, 3.05) is 0 Å². The zero-order chi connectivity index (χ0) is 15.7. The first-order valence-corrected chi connectivity index (χ1v) is 8.24. The lowest BCUT2D eigenvalue weighted by Gasteiger charge is -2.31. The second kappa shape index (κ2) is 5.60. The molecule has 0 saturated carbocycles. The van der Waals surface area contributed by atoms with Gasteiger partial charge < -0.3 is 19.8 Å². The summed E-state index contributed by atoms with van der Waals surface area (Å²) in [4.78, 5) is 37.0. The Balaban J connectivity index is 6.80. The molecule has 0 rings (SSSR count). The Morgan fingerprint density at radius 3 is 1.16 bits per heavy atom. The molecule has 0 saturated heterocycles. The van der Waals surface area contributed by atoms with Crippen LogP contribution in [-0.4, -0.2) is 30.4 Å². The predicted molar refractivity (Wildman–Crippen MR) is 46.4 cm³/mol. The first-order valence-electron chi connectivity index (χ1n) is 3.51. The van der Waals surface area contributed by atoms with Crippen molar-refractivity contribution in [3.8, 4) is 0 Å². The second-order valence-electron chi connectivity index (χ2n) is 2.71. The molecule has 3 atom stereocenters. The molecule has 0 aromatic carbocycles. The van der Waals surface area contributed by atoms with Crippen molar-refractivity contribution in [1.82, 2.24) is 0 Å². The third-order valence-corrected chi connectivity index (χ3v) is 9.80. The van der Waals surface area contributed by atoms with Gasteiger partial charge in [-0.25, -0.2) is 4.79 Å². The molecule has 0 bridgehead atoms. The largest absolute Gasteiger partial charge is 0.479 e. The number of halogens is 3. The molecule has 17 heteroatoms. The zero-order valence-electron chi connectivity index (χ0n) is 8.12. The highest BCUT2D eigenvalue weighted by molar-refractivity contribution is 7.91. The minimum atomic E-state index is -6.77. The number of aliphatic carboxylic acids is 1. The normalized spacial score (nSPS) is 24.5. The summed E-state index contributed by atoms with van der Waals surface area (Å²) in [6.45, 7) is 0. The molecule has 19 heavy (non-hydrogen) atoms. The van der Waals surface area contributed by atoms with Crippen LogP contribution in [0, 0.1) is 0 Å². The number of hydrogen-bond donors (Lipinski definition) is 4. The molecular weight excluding hydrogens is 350 g/mol. The summed E-state index contributed by atoms with van der Waals surface area (Å²) in [5.74, 6) is -3.28. The molecule has 0 heterocycles. The van der Waals surface area contributed by atoms with Gasteiger partial charge in [0.25, 0.3) is 0 Å². The van der Waals surface area contributed by atoms with Crippen LogP contribution in [0.2, 0.25) is 0 Å². The van der Waals surface area contributed by atoms with Gasteiger partial charge in [-0.05, 0) is 13.6 Å². The van der Waals surface area contributed by atoms with Gasteiger partial charge in [-0.15, -0.1) is 14.2 Å². The van der Waals surface area contributed by atoms with Crippen molar-refractivity contribution in [2.45, 2.75) is 4.64 Å². The molecule has 4 N–H and O–H groups in total. The average molecular weight is 354 g/mol. The lowest BCUT2D eigenvalue weighted by molar-refractivity contribution is -0.139. The zero-order valence-corrected chi connectivity index (χ0v) is 10.8. The lowest BCUT2D eigenvalue weighted by atomic mass is 10.8. The quantitative estimate of drug-likeness (QED) is 0.479. The lowest BCUT2D eigenvalue weighted by Crippen LogP contribution is -2.38. The predicted octanol–water partition coefficient (Wildman–Crippen LogP) is 0.984. The third kappa shape index (κ3) is 2.51. The van der Waals surface area contributed by atoms with Gasteiger partial charge in [-0.2, -0.15) is 0 Å². The molecule has 114 valence electrons. The van der Waals surface area contributed by atoms with Crippen molar-refractivity contribution in [1.29, 1.82) is 0 Å². The number of carboxylic acid groups (broad SMARTS) is 1. The summed E-state index contributed by atoms with van der Waals surface area (Å²) in [5, 5.41) is 8.49. The minimum absolute atomic E-state index is 2.11. The molecule has 0 aliphatic rings. The SMILES string of the molecule is O=C(O)C(P(=O)(O)OF)(P(=O)(O)OF)P(=O)(O)OF. The molecule has 0 aliphatic heterocycles. The van der Waals surface area contributed by atoms with Crippen LogP contribution in [0.25, 0.3) is 0 Å². The fourth-order valence-electron chi connectivity index (χ4n) is 0.986. The van der Waals surface area contributed by atoms with E-state index in [0.717, 1.165) is 0 Å². The second-order valence-corrected chi connectivity index (χ2v) is 9.32. The van der Waals surface area contributed by atoms with Crippen molar-refractivity contribution < 1.29 is 66.0 Å². The van der Waals surface area contributed by atoms with Crippen LogP contribution in [0.15, 0.2) is 0 Å². The number of hydrogen-bond acceptors (Lipinski definition) is 7. The summed E-state index contributed by atoms with van der Waals surface area (Å²) >= 11 is 0. The average Bonchev–Trinajstić information content (AvgIpc) is 2.28. The van der Waals surface area contributed by atoms with E-state index in [1.165, 1.54) is 0 Å². The van der Waals surface area contributed by atoms with Gasteiger partial charge in [0.15, 0.2) is 0 Å². The Morgan fingerprint density at radius 2 is 1.05 bits per heavy atom. The van der Waals surface area contributed by atoms with Gasteiger partial charge in [-0.1, -0.05) is 0 Å². The van der Waals surface area contributed by atoms with Crippen molar-refractivity contribution >= 4 is 28.8 Å². The van der Waals surface area contributed by atoms with Crippen LogP contribution in [0.1, 0.15) is 0 Å². The Hall–Kier alpha value is -0.290. The summed E-state index contributed by atoms with van der Waals surface area (Å²) in [6, 6.07) is 0. The monoisotopic (exact) mass is 354 g/mol. The third-order valence-electron chi connectivity index (χ3n) is 1.75. The maximum absolute atomic E-state index is 11.9. The maximum atomic E-state index is 11.9. The Labute approximate surface area is 100 Å². The molecule has 0 aromatic heterocycles. The minimum Gasteiger partial charge on any atom is -0.479 e. The van der Waals surface area contributed by atoms with E-state index >= 15 is 0 Å². The van der Waals surface area contributed by atoms with Gasteiger partial charge in [0.2, 0.25) is 0 Å². The van der Waals surface area contributed by atoms with Crippen LogP contribution in [0.3, 0.4) is 0 Å². The summed E-state index contributed by atoms with van der Waals surface area (Å²) < 4.78 is 70.0. The van der Waals surface area contributed by atoms with E-state index in [2.05, 4.69) is 14.2 Å². The number of carbonyl (C=O) groups is 1. The first-order chi connectivity index (χ1) is 8.38. The van der Waals surface area contributed by atoms with Gasteiger partial charge in [0.1, 0.15) is 0 Å². The van der Waals surface area contributed by atoms with Crippen LogP contribution in [-0.2, 0) is 32.7 Å². The molecule has 0 aromatic rings. The van der Waals surface area contributed by atoms with Crippen molar-refractivity contribution in [3.63, 3.8) is 0 Å². The fraction of sp³-hybridized carbons (Fsp3) is 0.500. The van der Waals surface area contributed by atoms with Crippen LogP contribution in [0.5, 0.6) is 0 Å². The van der Waals surface area contributed by atoms with E-state index in [0.29, 0.717) is 0 Å². The highest BCUT2D eigenvalue weighted by Gasteiger charge is 2.82. The van der Waals surface area contributed by atoms with Gasteiger partial charge in [0, 0.05) is 0 Å². The van der Waals surface area contributed by atoms with Crippen molar-refractivity contribution in [3.05, 3.63) is 0 Å². The molecule has 0 radical (unpaired) electrons. The van der Waals surface area contributed by atoms with E-state index < -0.39 is 33.4 Å². The Kier molecular flexibility index (Phi) is 5.52. The van der Waals surface area contributed by atoms with E-state index in [4.69, 9.17) is 19.8 Å². The van der Waals surface area contributed by atoms with Crippen LogP contribution >= 0.6 is 22.8 Å². The first kappa shape index (κ1) is 18.7. The smallest absolute Gasteiger partial charge is 0.402 e. The fourth-order valence-corrected chi connectivity index (χ4v) is 6.39. The number of rotatable bonds is 7. The Morgan fingerprint density at radius 1 is 0.842 bits per heavy atom. The van der Waals surface area contributed by atoms with Gasteiger partial charge in [0.05, 0.1) is 0 Å². The molecule has 11 nitrogen and oxygen atoms in total. The van der Waals surface area contributed by atoms with E-state index in [-0.39, 0.29) is 0 Å². The molecular formula is C2H4F3O11P3. The molecule has 0 spiro atoms. The van der Waals surface area contributed by atoms with Crippen molar-refractivity contribution in [2.24, 2.45) is 0 Å². The van der Waals surface area contributed by atoms with Crippen LogP contribution < -0.4 is 0 Å². The molecule has 0 fully saturated rings. The topological polar surface area (TPSA) is 177 Å². The summed E-state index contributed by atoms with van der Waals surface area (Å²) in [5.41, 5.74) is 0. The standard InChI is InChI=1S/C2H4F3O11P3/c3-14-17(8,9)2(1(6)7,18(10,11)15-4)19(12,13)16-5/h(H,6,7)(H,8,9)(H,10,11)(H,12,13). The molecule has 3 unspecified atom stereocenters. The van der Waals surface area contributed by atoms with E-state index in [1.54, 1.807) is 0 Å². The highest BCUT2D eigenvalue weighted by Crippen LogP contribution is 2.87. The Bertz CT molecular complexity index is 442. The molecule has 0 amide bonds. The van der Waals surface area contributed by atoms with E-state index in [9.17, 15) is 32.1 Å². The van der Waals surface area contributed by atoms with E-state index in [1.807, 2.05) is 0 Å². The molecule has 0 aliphatic carbocycles. The number of carboxylic acids is 1.